The quantitative estimate of drug-likeness (QED) is 0.488. The summed E-state index contributed by atoms with van der Waals surface area (Å²) in [6.07, 6.45) is 1.10. The van der Waals surface area contributed by atoms with Crippen molar-refractivity contribution in [2.45, 2.75) is 0 Å². The maximum Gasteiger partial charge on any atom is 0.282 e. The van der Waals surface area contributed by atoms with Crippen molar-refractivity contribution in [2.75, 3.05) is 6.79 Å². The van der Waals surface area contributed by atoms with Crippen LogP contribution in [-0.2, 0) is 0 Å². The number of nitrogens with one attached hydrogen (secondary N) is 1. The van der Waals surface area contributed by atoms with E-state index in [1.54, 1.807) is 0 Å². The van der Waals surface area contributed by atoms with E-state index in [4.69, 9.17) is 21.1 Å². The normalized spacial score (nSPS) is 12.4. The average Bonchev–Trinajstić information content (AvgIpc) is 3.01. The molecule has 0 saturated heterocycles. The van der Waals surface area contributed by atoms with Crippen molar-refractivity contribution in [1.82, 2.24) is 5.43 Å². The smallest absolute Gasteiger partial charge is 0.282 e. The van der Waals surface area contributed by atoms with Gasteiger partial charge >= 0.3 is 0 Å². The Bertz CT molecular complexity index is 899. The SMILES string of the molecule is O=C(N/N=C\c1cc2c(cc1[N+](=O)[O-])OCO2)c1ccc(Cl)cc1O. The lowest BCUT2D eigenvalue weighted by Gasteiger charge is -2.03. The molecule has 3 rings (SSSR count). The number of nitro groups is 1. The molecule has 0 saturated carbocycles. The van der Waals surface area contributed by atoms with Crippen LogP contribution in [0, 0.1) is 10.1 Å². The fourth-order valence-corrected chi connectivity index (χ4v) is 2.29. The first-order valence-electron chi connectivity index (χ1n) is 6.85. The monoisotopic (exact) mass is 363 g/mol. The molecule has 0 fully saturated rings. The first kappa shape index (κ1) is 16.5. The van der Waals surface area contributed by atoms with Crippen molar-refractivity contribution in [3.63, 3.8) is 0 Å². The van der Waals surface area contributed by atoms with E-state index in [1.165, 1.54) is 30.3 Å². The Hall–Kier alpha value is -3.33. The maximum atomic E-state index is 12.0. The molecule has 0 aliphatic carbocycles. The van der Waals surface area contributed by atoms with Gasteiger partial charge in [-0.1, -0.05) is 11.6 Å². The average molecular weight is 364 g/mol. The van der Waals surface area contributed by atoms with Crippen LogP contribution in [0.4, 0.5) is 5.69 Å². The van der Waals surface area contributed by atoms with Crippen LogP contribution in [0.1, 0.15) is 15.9 Å². The standard InChI is InChI=1S/C15H10ClN3O6/c16-9-1-2-10(12(20)4-9)15(21)18-17-6-8-3-13-14(25-7-24-13)5-11(8)19(22)23/h1-6,20H,7H2,(H,18,21)/b17-6-. The van der Waals surface area contributed by atoms with Crippen molar-refractivity contribution >= 4 is 29.4 Å². The molecule has 1 heterocycles. The highest BCUT2D eigenvalue weighted by molar-refractivity contribution is 6.30. The van der Waals surface area contributed by atoms with Crippen molar-refractivity contribution in [3.8, 4) is 17.2 Å². The van der Waals surface area contributed by atoms with Gasteiger partial charge in [-0.25, -0.2) is 5.43 Å². The lowest BCUT2D eigenvalue weighted by molar-refractivity contribution is -0.385. The van der Waals surface area contributed by atoms with Crippen molar-refractivity contribution in [3.05, 3.63) is 56.6 Å². The molecule has 2 aromatic carbocycles. The molecule has 0 spiro atoms. The zero-order valence-corrected chi connectivity index (χ0v) is 13.2. The number of phenolic OH excluding ortho intramolecular Hbond substituents is 1. The summed E-state index contributed by atoms with van der Waals surface area (Å²) in [5.41, 5.74) is 2.00. The number of hydrogen-bond donors (Lipinski definition) is 2. The number of carbonyl (C=O) groups is 1. The molecule has 9 nitrogen and oxygen atoms in total. The Morgan fingerprint density at radius 1 is 1.32 bits per heavy atom. The van der Waals surface area contributed by atoms with Crippen molar-refractivity contribution in [1.29, 1.82) is 0 Å². The van der Waals surface area contributed by atoms with Gasteiger partial charge in [-0.15, -0.1) is 0 Å². The van der Waals surface area contributed by atoms with E-state index in [-0.39, 0.29) is 40.1 Å². The zero-order valence-electron chi connectivity index (χ0n) is 12.4. The maximum absolute atomic E-state index is 12.0. The van der Waals surface area contributed by atoms with Crippen LogP contribution in [0.5, 0.6) is 17.2 Å². The van der Waals surface area contributed by atoms with Crippen LogP contribution < -0.4 is 14.9 Å². The summed E-state index contributed by atoms with van der Waals surface area (Å²) in [6.45, 7) is -0.0281. The Morgan fingerprint density at radius 3 is 2.72 bits per heavy atom. The summed E-state index contributed by atoms with van der Waals surface area (Å²) in [4.78, 5) is 22.5. The molecular formula is C15H10ClN3O6. The molecule has 0 bridgehead atoms. The molecular weight excluding hydrogens is 354 g/mol. The summed E-state index contributed by atoms with van der Waals surface area (Å²) >= 11 is 5.69. The van der Waals surface area contributed by atoms with Gasteiger partial charge in [0.15, 0.2) is 11.5 Å². The fraction of sp³-hybridized carbons (Fsp3) is 0.0667. The van der Waals surface area contributed by atoms with Crippen molar-refractivity contribution in [2.24, 2.45) is 5.10 Å². The zero-order chi connectivity index (χ0) is 18.0. The molecule has 1 aliphatic heterocycles. The molecule has 0 atom stereocenters. The van der Waals surface area contributed by atoms with Crippen LogP contribution in [0.25, 0.3) is 0 Å². The first-order valence-corrected chi connectivity index (χ1v) is 7.23. The highest BCUT2D eigenvalue weighted by Gasteiger charge is 2.22. The predicted octanol–water partition coefficient (Wildman–Crippen LogP) is 2.45. The molecule has 0 aromatic heterocycles. The second-order valence-corrected chi connectivity index (χ2v) is 5.32. The van der Waals surface area contributed by atoms with Crippen LogP contribution in [-0.4, -0.2) is 28.9 Å². The number of aromatic hydroxyl groups is 1. The Balaban J connectivity index is 1.80. The number of carbonyl (C=O) groups excluding carboxylic acids is 1. The number of ether oxygens (including phenoxy) is 2. The minimum absolute atomic E-state index is 0.0281. The molecule has 0 unspecified atom stereocenters. The fourth-order valence-electron chi connectivity index (χ4n) is 2.13. The molecule has 1 amide bonds. The largest absolute Gasteiger partial charge is 0.507 e. The second kappa shape index (κ2) is 6.65. The molecule has 0 radical (unpaired) electrons. The highest BCUT2D eigenvalue weighted by Crippen LogP contribution is 2.37. The summed E-state index contributed by atoms with van der Waals surface area (Å²) in [5, 5.41) is 24.8. The molecule has 128 valence electrons. The third kappa shape index (κ3) is 3.45. The van der Waals surface area contributed by atoms with E-state index in [2.05, 4.69) is 10.5 Å². The Kier molecular flexibility index (Phi) is 4.40. The summed E-state index contributed by atoms with van der Waals surface area (Å²) < 4.78 is 10.2. The van der Waals surface area contributed by atoms with Gasteiger partial charge in [0.2, 0.25) is 6.79 Å². The van der Waals surface area contributed by atoms with Gasteiger partial charge in [-0.3, -0.25) is 14.9 Å². The lowest BCUT2D eigenvalue weighted by atomic mass is 10.1. The predicted molar refractivity (Wildman–Crippen MR) is 87.4 cm³/mol. The van der Waals surface area contributed by atoms with Crippen LogP contribution in [0.15, 0.2) is 35.4 Å². The van der Waals surface area contributed by atoms with E-state index in [9.17, 15) is 20.0 Å². The number of fused-ring (bicyclic) bond motifs is 1. The molecule has 10 heteroatoms. The summed E-state index contributed by atoms with van der Waals surface area (Å²) in [6, 6.07) is 6.57. The van der Waals surface area contributed by atoms with E-state index < -0.39 is 10.8 Å². The van der Waals surface area contributed by atoms with Gasteiger partial charge in [-0.05, 0) is 24.3 Å². The van der Waals surface area contributed by atoms with Crippen LogP contribution in [0.3, 0.4) is 0 Å². The van der Waals surface area contributed by atoms with Gasteiger partial charge in [-0.2, -0.15) is 5.10 Å². The Morgan fingerprint density at radius 2 is 2.04 bits per heavy atom. The highest BCUT2D eigenvalue weighted by atomic mass is 35.5. The third-order valence-corrected chi connectivity index (χ3v) is 3.53. The van der Waals surface area contributed by atoms with Gasteiger partial charge in [0.1, 0.15) is 5.75 Å². The van der Waals surface area contributed by atoms with Crippen LogP contribution in [0.2, 0.25) is 5.02 Å². The molecule has 2 N–H and O–H groups in total. The molecule has 25 heavy (non-hydrogen) atoms. The number of rotatable bonds is 4. The lowest BCUT2D eigenvalue weighted by Crippen LogP contribution is -2.17. The van der Waals surface area contributed by atoms with Gasteiger partial charge in [0, 0.05) is 5.02 Å². The number of nitrogens with zero attached hydrogens (tertiary/aromatic N) is 2. The van der Waals surface area contributed by atoms with Crippen molar-refractivity contribution < 1.29 is 24.3 Å². The van der Waals surface area contributed by atoms with Gasteiger partial charge in [0.05, 0.1) is 28.3 Å². The summed E-state index contributed by atoms with van der Waals surface area (Å²) in [5.74, 6) is -0.407. The number of halogens is 1. The van der Waals surface area contributed by atoms with Crippen LogP contribution >= 0.6 is 11.6 Å². The number of nitro benzene ring substituents is 1. The summed E-state index contributed by atoms with van der Waals surface area (Å²) in [7, 11) is 0. The third-order valence-electron chi connectivity index (χ3n) is 3.29. The number of phenols is 1. The number of hydrogen-bond acceptors (Lipinski definition) is 7. The minimum atomic E-state index is -0.700. The molecule has 1 aliphatic rings. The molecule has 2 aromatic rings. The second-order valence-electron chi connectivity index (χ2n) is 4.88. The van der Waals surface area contributed by atoms with Gasteiger partial charge < -0.3 is 14.6 Å². The van der Waals surface area contributed by atoms with E-state index in [0.717, 1.165) is 6.21 Å². The minimum Gasteiger partial charge on any atom is -0.507 e. The van der Waals surface area contributed by atoms with Gasteiger partial charge in [0.25, 0.3) is 11.6 Å². The van der Waals surface area contributed by atoms with E-state index in [0.29, 0.717) is 5.75 Å². The topological polar surface area (TPSA) is 123 Å². The number of amides is 1. The number of hydrazone groups is 1. The Labute approximate surface area is 145 Å². The van der Waals surface area contributed by atoms with E-state index >= 15 is 0 Å². The number of benzene rings is 2. The van der Waals surface area contributed by atoms with E-state index in [1.807, 2.05) is 0 Å². The first-order chi connectivity index (χ1) is 12.0.